The molecule has 0 N–H and O–H groups in total. The Morgan fingerprint density at radius 1 is 0.630 bits per heavy atom. The standard InChI is InChI=1S/C22H12BNO2S/c1-5-13-20-15(7-1)25-17-9-3-10-18-22(17)23(20)21-14(6-2-8-16(21)26-18)24(13)19-11-4-12-27-19/h1-12H. The van der Waals surface area contributed by atoms with E-state index in [4.69, 9.17) is 9.47 Å². The topological polar surface area (TPSA) is 21.7 Å². The number of ether oxygens (including phenoxy) is 2. The van der Waals surface area contributed by atoms with Gasteiger partial charge >= 0.3 is 0 Å². The number of hydrogen-bond donors (Lipinski definition) is 0. The first-order valence-corrected chi connectivity index (χ1v) is 9.86. The van der Waals surface area contributed by atoms with Crippen LogP contribution < -0.4 is 30.8 Å². The predicted molar refractivity (Wildman–Crippen MR) is 110 cm³/mol. The lowest BCUT2D eigenvalue weighted by atomic mass is 9.33. The summed E-state index contributed by atoms with van der Waals surface area (Å²) in [4.78, 5) is 2.34. The summed E-state index contributed by atoms with van der Waals surface area (Å²) in [6.45, 7) is 0.146. The summed E-state index contributed by atoms with van der Waals surface area (Å²) in [5.41, 5.74) is 5.98. The zero-order valence-corrected chi connectivity index (χ0v) is 15.0. The summed E-state index contributed by atoms with van der Waals surface area (Å²) in [7, 11) is 0. The Labute approximate surface area is 160 Å². The van der Waals surface area contributed by atoms with Crippen LogP contribution in [-0.4, -0.2) is 6.71 Å². The van der Waals surface area contributed by atoms with Crippen molar-refractivity contribution < 1.29 is 9.47 Å². The molecule has 4 heterocycles. The van der Waals surface area contributed by atoms with Crippen LogP contribution in [0.15, 0.2) is 72.1 Å². The van der Waals surface area contributed by atoms with Crippen LogP contribution in [0, 0.1) is 0 Å². The zero-order chi connectivity index (χ0) is 17.5. The molecule has 0 bridgehead atoms. The highest BCUT2D eigenvalue weighted by Crippen LogP contribution is 2.45. The Morgan fingerprint density at radius 3 is 1.74 bits per heavy atom. The monoisotopic (exact) mass is 365 g/mol. The minimum atomic E-state index is 0.146. The quantitative estimate of drug-likeness (QED) is 0.406. The van der Waals surface area contributed by atoms with Crippen molar-refractivity contribution in [2.75, 3.05) is 4.90 Å². The van der Waals surface area contributed by atoms with Gasteiger partial charge in [-0.2, -0.15) is 0 Å². The van der Waals surface area contributed by atoms with Gasteiger partial charge in [0.2, 0.25) is 0 Å². The van der Waals surface area contributed by atoms with Gasteiger partial charge in [0.25, 0.3) is 6.71 Å². The van der Waals surface area contributed by atoms with Crippen LogP contribution in [0.2, 0.25) is 0 Å². The Kier molecular flexibility index (Phi) is 2.46. The van der Waals surface area contributed by atoms with Crippen molar-refractivity contribution >= 4 is 50.8 Å². The molecule has 3 nitrogen and oxygen atoms in total. The average molecular weight is 365 g/mol. The van der Waals surface area contributed by atoms with Crippen molar-refractivity contribution in [1.29, 1.82) is 0 Å². The summed E-state index contributed by atoms with van der Waals surface area (Å²) in [5, 5.41) is 3.31. The smallest absolute Gasteiger partial charge is 0.266 e. The maximum Gasteiger partial charge on any atom is 0.266 e. The molecule has 0 saturated heterocycles. The van der Waals surface area contributed by atoms with Gasteiger partial charge in [-0.25, -0.2) is 0 Å². The van der Waals surface area contributed by atoms with Gasteiger partial charge in [-0.3, -0.25) is 0 Å². The second-order valence-corrected chi connectivity index (χ2v) is 7.90. The number of nitrogens with zero attached hydrogens (tertiary/aromatic N) is 1. The van der Waals surface area contributed by atoms with Crippen molar-refractivity contribution in [3.63, 3.8) is 0 Å². The summed E-state index contributed by atoms with van der Waals surface area (Å²) in [6.07, 6.45) is 0. The third-order valence-corrected chi connectivity index (χ3v) is 6.48. The number of rotatable bonds is 1. The van der Waals surface area contributed by atoms with Crippen molar-refractivity contribution in [2.24, 2.45) is 0 Å². The normalized spacial score (nSPS) is 14.4. The summed E-state index contributed by atoms with van der Waals surface area (Å²) in [6, 6.07) is 23.0. The molecule has 1 aromatic heterocycles. The Bertz CT molecular complexity index is 1180. The summed E-state index contributed by atoms with van der Waals surface area (Å²) in [5.74, 6) is 3.66. The Balaban J connectivity index is 1.65. The van der Waals surface area contributed by atoms with Crippen LogP contribution in [0.25, 0.3) is 0 Å². The molecule has 0 unspecified atom stereocenters. The van der Waals surface area contributed by atoms with Crippen LogP contribution >= 0.6 is 11.3 Å². The van der Waals surface area contributed by atoms with E-state index in [1.54, 1.807) is 11.3 Å². The lowest BCUT2D eigenvalue weighted by Crippen LogP contribution is -2.61. The van der Waals surface area contributed by atoms with Crippen molar-refractivity contribution in [2.45, 2.75) is 0 Å². The molecule has 0 aliphatic carbocycles. The first-order chi connectivity index (χ1) is 13.4. The van der Waals surface area contributed by atoms with Gasteiger partial charge in [-0.15, -0.1) is 11.3 Å². The number of thiophene rings is 1. The molecule has 0 amide bonds. The van der Waals surface area contributed by atoms with E-state index in [9.17, 15) is 0 Å². The van der Waals surface area contributed by atoms with E-state index in [0.717, 1.165) is 28.5 Å². The molecular formula is C22H12BNO2S. The summed E-state index contributed by atoms with van der Waals surface area (Å²) >= 11 is 1.74. The molecule has 0 saturated carbocycles. The molecule has 126 valence electrons. The SMILES string of the molecule is c1csc(N2c3cccc4c3B3c5c(cccc5Oc5cccc2c53)O4)c1. The highest BCUT2D eigenvalue weighted by Gasteiger charge is 2.47. The fraction of sp³-hybridized carbons (Fsp3) is 0. The second-order valence-electron chi connectivity index (χ2n) is 6.97. The lowest BCUT2D eigenvalue weighted by Gasteiger charge is -2.42. The van der Waals surface area contributed by atoms with Crippen LogP contribution in [0.5, 0.6) is 23.0 Å². The second kappa shape index (κ2) is 4.75. The number of hydrogen-bond acceptors (Lipinski definition) is 4. The molecule has 0 spiro atoms. The van der Waals surface area contributed by atoms with Crippen molar-refractivity contribution in [3.8, 4) is 23.0 Å². The molecule has 7 rings (SSSR count). The maximum absolute atomic E-state index is 6.31. The van der Waals surface area contributed by atoms with Gasteiger partial charge < -0.3 is 14.4 Å². The first-order valence-electron chi connectivity index (χ1n) is 8.98. The van der Waals surface area contributed by atoms with Crippen molar-refractivity contribution in [1.82, 2.24) is 0 Å². The zero-order valence-electron chi connectivity index (χ0n) is 14.2. The molecule has 0 fully saturated rings. The van der Waals surface area contributed by atoms with E-state index in [1.165, 1.54) is 27.3 Å². The molecule has 5 heteroatoms. The lowest BCUT2D eigenvalue weighted by molar-refractivity contribution is 0.464. The average Bonchev–Trinajstić information content (AvgIpc) is 3.22. The van der Waals surface area contributed by atoms with Crippen LogP contribution in [0.3, 0.4) is 0 Å². The van der Waals surface area contributed by atoms with E-state index < -0.39 is 0 Å². The third kappa shape index (κ3) is 1.63. The molecule has 3 aromatic carbocycles. The van der Waals surface area contributed by atoms with Gasteiger partial charge in [0.05, 0.1) is 5.00 Å². The van der Waals surface area contributed by atoms with Gasteiger partial charge in [-0.05, 0) is 64.8 Å². The van der Waals surface area contributed by atoms with Crippen LogP contribution in [0.1, 0.15) is 0 Å². The number of benzene rings is 3. The molecule has 3 aliphatic heterocycles. The fourth-order valence-corrected chi connectivity index (χ4v) is 5.39. The van der Waals surface area contributed by atoms with Crippen LogP contribution in [0.4, 0.5) is 16.4 Å². The fourth-order valence-electron chi connectivity index (χ4n) is 4.63. The molecule has 0 atom stereocenters. The van der Waals surface area contributed by atoms with E-state index in [-0.39, 0.29) is 6.71 Å². The van der Waals surface area contributed by atoms with Gasteiger partial charge in [0.1, 0.15) is 23.0 Å². The van der Waals surface area contributed by atoms with Crippen molar-refractivity contribution in [3.05, 3.63) is 72.1 Å². The van der Waals surface area contributed by atoms with Gasteiger partial charge in [0, 0.05) is 16.8 Å². The van der Waals surface area contributed by atoms with Gasteiger partial charge in [0.15, 0.2) is 0 Å². The van der Waals surface area contributed by atoms with E-state index >= 15 is 0 Å². The van der Waals surface area contributed by atoms with E-state index in [2.05, 4.69) is 58.8 Å². The largest absolute Gasteiger partial charge is 0.458 e. The minimum absolute atomic E-state index is 0.146. The third-order valence-electron chi connectivity index (χ3n) is 5.63. The molecular weight excluding hydrogens is 353 g/mol. The molecule has 27 heavy (non-hydrogen) atoms. The predicted octanol–water partition coefficient (Wildman–Crippen LogP) is 4.26. The summed E-state index contributed by atoms with van der Waals surface area (Å²) < 4.78 is 12.6. The highest BCUT2D eigenvalue weighted by molar-refractivity contribution is 7.14. The molecule has 0 radical (unpaired) electrons. The molecule has 3 aliphatic rings. The number of anilines is 3. The highest BCUT2D eigenvalue weighted by atomic mass is 32.1. The maximum atomic E-state index is 6.31. The Morgan fingerprint density at radius 2 is 1.19 bits per heavy atom. The van der Waals surface area contributed by atoms with E-state index in [1.807, 2.05) is 18.2 Å². The van der Waals surface area contributed by atoms with Crippen LogP contribution in [-0.2, 0) is 0 Å². The van der Waals surface area contributed by atoms with Gasteiger partial charge in [-0.1, -0.05) is 18.2 Å². The molecule has 4 aromatic rings. The Hall–Kier alpha value is -3.18. The minimum Gasteiger partial charge on any atom is -0.458 e. The van der Waals surface area contributed by atoms with E-state index in [0.29, 0.717) is 0 Å². The first kappa shape index (κ1) is 14.0.